The minimum atomic E-state index is -0.0240. The second kappa shape index (κ2) is 8.80. The van der Waals surface area contributed by atoms with Gasteiger partial charge >= 0.3 is 0 Å². The second-order valence-corrected chi connectivity index (χ2v) is 6.03. The average Bonchev–Trinajstić information content (AvgIpc) is 2.58. The zero-order chi connectivity index (χ0) is 16.7. The van der Waals surface area contributed by atoms with E-state index >= 15 is 0 Å². The highest BCUT2D eigenvalue weighted by molar-refractivity contribution is 5.42. The lowest BCUT2D eigenvalue weighted by Crippen LogP contribution is -2.21. The first-order valence-corrected chi connectivity index (χ1v) is 8.44. The summed E-state index contributed by atoms with van der Waals surface area (Å²) in [5, 5.41) is 0. The molecule has 3 nitrogen and oxygen atoms in total. The predicted octanol–water partition coefficient (Wildman–Crippen LogP) is 3.87. The average molecular weight is 312 g/mol. The van der Waals surface area contributed by atoms with Crippen LogP contribution in [-0.4, -0.2) is 37.1 Å². The van der Waals surface area contributed by atoms with E-state index in [-0.39, 0.29) is 6.10 Å². The Balaban J connectivity index is 2.41. The fraction of sp³-hybridized carbons (Fsp3) is 0.450. The predicted molar refractivity (Wildman–Crippen MR) is 95.8 cm³/mol. The monoisotopic (exact) mass is 312 g/mol. The third-order valence-corrected chi connectivity index (χ3v) is 4.14. The Bertz CT molecular complexity index is 574. The molecular formula is C20H28N2O. The van der Waals surface area contributed by atoms with Crippen LogP contribution in [-0.2, 0) is 17.6 Å². The number of pyridine rings is 1. The lowest BCUT2D eigenvalue weighted by Gasteiger charge is -2.25. The largest absolute Gasteiger partial charge is 0.367 e. The molecule has 1 heterocycles. The van der Waals surface area contributed by atoms with Crippen molar-refractivity contribution in [2.75, 3.05) is 27.2 Å². The summed E-state index contributed by atoms with van der Waals surface area (Å²) < 4.78 is 6.34. The lowest BCUT2D eigenvalue weighted by atomic mass is 9.90. The second-order valence-electron chi connectivity index (χ2n) is 6.03. The molecule has 124 valence electrons. The van der Waals surface area contributed by atoms with Crippen molar-refractivity contribution in [3.05, 3.63) is 65.0 Å². The summed E-state index contributed by atoms with van der Waals surface area (Å²) in [5.74, 6) is 0. The highest BCUT2D eigenvalue weighted by atomic mass is 16.5. The number of ether oxygens (including phenoxy) is 1. The first-order valence-electron chi connectivity index (χ1n) is 8.44. The van der Waals surface area contributed by atoms with Crippen molar-refractivity contribution in [2.45, 2.75) is 32.8 Å². The van der Waals surface area contributed by atoms with E-state index in [0.717, 1.165) is 19.4 Å². The molecule has 1 aromatic carbocycles. The van der Waals surface area contributed by atoms with Crippen LogP contribution in [0.1, 0.15) is 42.2 Å². The molecule has 0 aliphatic heterocycles. The molecule has 23 heavy (non-hydrogen) atoms. The van der Waals surface area contributed by atoms with Crippen LogP contribution < -0.4 is 0 Å². The third kappa shape index (κ3) is 4.63. The molecule has 0 N–H and O–H groups in total. The van der Waals surface area contributed by atoms with Crippen molar-refractivity contribution in [3.63, 3.8) is 0 Å². The molecule has 1 atom stereocenters. The van der Waals surface area contributed by atoms with E-state index in [1.807, 2.05) is 12.4 Å². The lowest BCUT2D eigenvalue weighted by molar-refractivity contribution is 0.0676. The van der Waals surface area contributed by atoms with Gasteiger partial charge in [-0.1, -0.05) is 32.0 Å². The molecule has 0 aliphatic rings. The Morgan fingerprint density at radius 1 is 1.00 bits per heavy atom. The minimum absolute atomic E-state index is 0.0240. The Hall–Kier alpha value is -1.71. The van der Waals surface area contributed by atoms with Crippen molar-refractivity contribution >= 4 is 0 Å². The van der Waals surface area contributed by atoms with Gasteiger partial charge in [0.15, 0.2) is 0 Å². The van der Waals surface area contributed by atoms with Crippen molar-refractivity contribution in [1.82, 2.24) is 9.88 Å². The van der Waals surface area contributed by atoms with Gasteiger partial charge in [0, 0.05) is 18.9 Å². The molecule has 3 heteroatoms. The van der Waals surface area contributed by atoms with Crippen LogP contribution in [0, 0.1) is 0 Å². The molecule has 0 unspecified atom stereocenters. The van der Waals surface area contributed by atoms with Gasteiger partial charge in [0.1, 0.15) is 6.10 Å². The van der Waals surface area contributed by atoms with E-state index in [9.17, 15) is 0 Å². The van der Waals surface area contributed by atoms with Crippen LogP contribution in [0.5, 0.6) is 0 Å². The molecule has 0 amide bonds. The molecule has 1 aromatic heterocycles. The maximum atomic E-state index is 6.34. The molecular weight excluding hydrogens is 284 g/mol. The smallest absolute Gasteiger partial charge is 0.108 e. The summed E-state index contributed by atoms with van der Waals surface area (Å²) in [6.07, 6.45) is 5.70. The fourth-order valence-electron chi connectivity index (χ4n) is 2.86. The number of nitrogens with zero attached hydrogens (tertiary/aromatic N) is 2. The number of hydrogen-bond donors (Lipinski definition) is 0. The van der Waals surface area contributed by atoms with Crippen LogP contribution in [0.25, 0.3) is 0 Å². The maximum absolute atomic E-state index is 6.34. The summed E-state index contributed by atoms with van der Waals surface area (Å²) >= 11 is 0. The fourth-order valence-corrected chi connectivity index (χ4v) is 2.86. The van der Waals surface area contributed by atoms with Crippen molar-refractivity contribution < 1.29 is 4.74 Å². The van der Waals surface area contributed by atoms with Gasteiger partial charge in [-0.05, 0) is 61.3 Å². The number of likely N-dealkylation sites (N-methyl/N-ethyl adjacent to an activating group) is 1. The summed E-state index contributed by atoms with van der Waals surface area (Å²) in [5.41, 5.74) is 5.25. The van der Waals surface area contributed by atoms with Crippen molar-refractivity contribution in [1.29, 1.82) is 0 Å². The van der Waals surface area contributed by atoms with Crippen molar-refractivity contribution in [2.24, 2.45) is 0 Å². The van der Waals surface area contributed by atoms with Crippen LogP contribution >= 0.6 is 0 Å². The first kappa shape index (κ1) is 17.6. The maximum Gasteiger partial charge on any atom is 0.108 e. The first-order chi connectivity index (χ1) is 11.2. The van der Waals surface area contributed by atoms with E-state index in [2.05, 4.69) is 68.2 Å². The summed E-state index contributed by atoms with van der Waals surface area (Å²) in [6.45, 7) is 6.04. The van der Waals surface area contributed by atoms with Crippen molar-refractivity contribution in [3.8, 4) is 0 Å². The van der Waals surface area contributed by atoms with E-state index in [4.69, 9.17) is 4.74 Å². The molecule has 0 saturated heterocycles. The topological polar surface area (TPSA) is 25.4 Å². The molecule has 0 saturated carbocycles. The van der Waals surface area contributed by atoms with Crippen LogP contribution in [0.15, 0.2) is 42.7 Å². The Morgan fingerprint density at radius 3 is 2.13 bits per heavy atom. The van der Waals surface area contributed by atoms with Gasteiger partial charge in [-0.25, -0.2) is 0 Å². The third-order valence-electron chi connectivity index (χ3n) is 4.14. The van der Waals surface area contributed by atoms with Gasteiger partial charge in [-0.2, -0.15) is 0 Å². The van der Waals surface area contributed by atoms with E-state index in [1.165, 1.54) is 22.3 Å². The van der Waals surface area contributed by atoms with E-state index in [1.54, 1.807) is 0 Å². The van der Waals surface area contributed by atoms with E-state index < -0.39 is 0 Å². The highest BCUT2D eigenvalue weighted by Crippen LogP contribution is 2.32. The molecule has 0 bridgehead atoms. The zero-order valence-electron chi connectivity index (χ0n) is 14.7. The molecule has 0 radical (unpaired) electrons. The van der Waals surface area contributed by atoms with Crippen LogP contribution in [0.4, 0.5) is 0 Å². The van der Waals surface area contributed by atoms with E-state index in [0.29, 0.717) is 6.61 Å². The Kier molecular flexibility index (Phi) is 6.75. The number of aromatic nitrogens is 1. The van der Waals surface area contributed by atoms with Crippen LogP contribution in [0.2, 0.25) is 0 Å². The number of hydrogen-bond acceptors (Lipinski definition) is 3. The summed E-state index contributed by atoms with van der Waals surface area (Å²) in [7, 11) is 4.14. The normalized spacial score (nSPS) is 12.6. The quantitative estimate of drug-likeness (QED) is 0.740. The zero-order valence-corrected chi connectivity index (χ0v) is 14.7. The molecule has 2 aromatic rings. The number of aryl methyl sites for hydroxylation is 2. The van der Waals surface area contributed by atoms with Gasteiger partial charge in [-0.3, -0.25) is 4.98 Å². The Morgan fingerprint density at radius 2 is 1.61 bits per heavy atom. The van der Waals surface area contributed by atoms with Gasteiger partial charge in [-0.15, -0.1) is 0 Å². The Labute approximate surface area is 140 Å². The van der Waals surface area contributed by atoms with Gasteiger partial charge in [0.2, 0.25) is 0 Å². The molecule has 2 rings (SSSR count). The standard InChI is InChI=1S/C20H28N2O/c1-5-16-8-7-9-17(6-2)19(16)20(23-15-14-22(3)4)18-10-12-21-13-11-18/h7-13,20H,5-6,14-15H2,1-4H3/t20-/m1/s1. The van der Waals surface area contributed by atoms with Gasteiger partial charge in [0.05, 0.1) is 6.61 Å². The summed E-state index contributed by atoms with van der Waals surface area (Å²) in [6, 6.07) is 10.7. The summed E-state index contributed by atoms with van der Waals surface area (Å²) in [4.78, 5) is 6.30. The number of benzene rings is 1. The number of rotatable bonds is 8. The molecule has 0 fully saturated rings. The minimum Gasteiger partial charge on any atom is -0.367 e. The highest BCUT2D eigenvalue weighted by Gasteiger charge is 2.20. The van der Waals surface area contributed by atoms with Crippen LogP contribution in [0.3, 0.4) is 0 Å². The SMILES string of the molecule is CCc1cccc(CC)c1[C@H](OCCN(C)C)c1ccncc1. The molecule has 0 aliphatic carbocycles. The molecule has 0 spiro atoms. The van der Waals surface area contributed by atoms with Gasteiger partial charge in [0.25, 0.3) is 0 Å². The van der Waals surface area contributed by atoms with Gasteiger partial charge < -0.3 is 9.64 Å².